The second kappa shape index (κ2) is 4.57. The van der Waals surface area contributed by atoms with Crippen LogP contribution in [-0.2, 0) is 0 Å². The lowest BCUT2D eigenvalue weighted by Crippen LogP contribution is -2.17. The first-order valence-electron chi connectivity index (χ1n) is 5.77. The van der Waals surface area contributed by atoms with Crippen molar-refractivity contribution in [2.75, 3.05) is 6.54 Å². The standard InChI is InChI=1S/C13H16N2O2/c1-9(2)12(8-15(16)17)11-7-14-13-6-4-3-5-10(11)13/h3-7,9,12,14H,8H2,1-2H3/t12-/m0/s1. The summed E-state index contributed by atoms with van der Waals surface area (Å²) in [5, 5.41) is 11.8. The summed E-state index contributed by atoms with van der Waals surface area (Å²) in [6.07, 6.45) is 1.90. The van der Waals surface area contributed by atoms with Crippen molar-refractivity contribution in [3.05, 3.63) is 46.1 Å². The molecule has 0 aliphatic carbocycles. The first-order valence-corrected chi connectivity index (χ1v) is 5.77. The quantitative estimate of drug-likeness (QED) is 0.650. The maximum absolute atomic E-state index is 10.7. The minimum atomic E-state index is -0.230. The molecule has 1 aromatic carbocycles. The molecule has 0 unspecified atom stereocenters. The van der Waals surface area contributed by atoms with Crippen molar-refractivity contribution in [1.82, 2.24) is 4.98 Å². The van der Waals surface area contributed by atoms with Crippen LogP contribution in [0, 0.1) is 16.0 Å². The molecule has 0 amide bonds. The van der Waals surface area contributed by atoms with Gasteiger partial charge in [0.1, 0.15) is 0 Å². The van der Waals surface area contributed by atoms with Gasteiger partial charge in [-0.1, -0.05) is 32.0 Å². The zero-order valence-electron chi connectivity index (χ0n) is 10.0. The Bertz CT molecular complexity index is 531. The molecule has 1 heterocycles. The largest absolute Gasteiger partial charge is 0.361 e. The number of H-pyrrole nitrogens is 1. The minimum absolute atomic E-state index is 0.0144. The van der Waals surface area contributed by atoms with Crippen LogP contribution in [0.5, 0.6) is 0 Å². The number of para-hydroxylation sites is 1. The van der Waals surface area contributed by atoms with Gasteiger partial charge in [-0.05, 0) is 17.5 Å². The average Bonchev–Trinajstić information content (AvgIpc) is 2.69. The van der Waals surface area contributed by atoms with Gasteiger partial charge in [-0.25, -0.2) is 0 Å². The average molecular weight is 232 g/mol. The van der Waals surface area contributed by atoms with Crippen LogP contribution in [0.1, 0.15) is 25.3 Å². The van der Waals surface area contributed by atoms with Gasteiger partial charge < -0.3 is 4.98 Å². The fourth-order valence-electron chi connectivity index (χ4n) is 2.23. The van der Waals surface area contributed by atoms with E-state index in [0.29, 0.717) is 0 Å². The number of hydrogen-bond acceptors (Lipinski definition) is 2. The van der Waals surface area contributed by atoms with E-state index >= 15 is 0 Å². The number of fused-ring (bicyclic) bond motifs is 1. The number of aromatic nitrogens is 1. The van der Waals surface area contributed by atoms with Gasteiger partial charge in [-0.2, -0.15) is 0 Å². The predicted molar refractivity (Wildman–Crippen MR) is 67.7 cm³/mol. The molecule has 4 heteroatoms. The molecule has 0 saturated heterocycles. The van der Waals surface area contributed by atoms with E-state index in [-0.39, 0.29) is 23.3 Å². The molecule has 4 nitrogen and oxygen atoms in total. The lowest BCUT2D eigenvalue weighted by atomic mass is 9.88. The SMILES string of the molecule is CC(C)[C@H](C[N+](=O)[O-])c1c[nH]c2ccccc12. The van der Waals surface area contributed by atoms with Crippen LogP contribution in [0.25, 0.3) is 10.9 Å². The second-order valence-corrected chi connectivity index (χ2v) is 4.66. The summed E-state index contributed by atoms with van der Waals surface area (Å²) in [5.74, 6) is 0.209. The summed E-state index contributed by atoms with van der Waals surface area (Å²) in [4.78, 5) is 13.7. The number of nitrogens with zero attached hydrogens (tertiary/aromatic N) is 1. The molecule has 1 aromatic heterocycles. The molecular formula is C13H16N2O2. The highest BCUT2D eigenvalue weighted by Crippen LogP contribution is 2.30. The maximum Gasteiger partial charge on any atom is 0.211 e. The van der Waals surface area contributed by atoms with Crippen molar-refractivity contribution in [3.8, 4) is 0 Å². The molecule has 1 N–H and O–H groups in total. The molecule has 1 atom stereocenters. The zero-order chi connectivity index (χ0) is 12.4. The number of nitrogens with one attached hydrogen (secondary N) is 1. The van der Waals surface area contributed by atoms with E-state index in [2.05, 4.69) is 4.98 Å². The van der Waals surface area contributed by atoms with Crippen molar-refractivity contribution in [2.24, 2.45) is 5.92 Å². The number of aromatic amines is 1. The third kappa shape index (κ3) is 2.30. The molecule has 2 aromatic rings. The van der Waals surface area contributed by atoms with Crippen molar-refractivity contribution in [3.63, 3.8) is 0 Å². The van der Waals surface area contributed by atoms with Gasteiger partial charge in [0, 0.05) is 22.0 Å². The Morgan fingerprint density at radius 2 is 2.06 bits per heavy atom. The highest BCUT2D eigenvalue weighted by atomic mass is 16.6. The van der Waals surface area contributed by atoms with Gasteiger partial charge in [-0.3, -0.25) is 10.1 Å². The number of nitro groups is 1. The first kappa shape index (κ1) is 11.6. The molecule has 0 saturated carbocycles. The van der Waals surface area contributed by atoms with E-state index in [1.165, 1.54) is 0 Å². The maximum atomic E-state index is 10.7. The molecular weight excluding hydrogens is 216 g/mol. The van der Waals surface area contributed by atoms with Crippen molar-refractivity contribution in [1.29, 1.82) is 0 Å². The van der Waals surface area contributed by atoms with Crippen molar-refractivity contribution >= 4 is 10.9 Å². The van der Waals surface area contributed by atoms with Gasteiger partial charge in [0.2, 0.25) is 6.54 Å². The Morgan fingerprint density at radius 3 is 2.71 bits per heavy atom. The van der Waals surface area contributed by atoms with Crippen LogP contribution in [-0.4, -0.2) is 16.5 Å². The molecule has 17 heavy (non-hydrogen) atoms. The highest BCUT2D eigenvalue weighted by molar-refractivity contribution is 5.83. The normalized spacial score (nSPS) is 13.1. The molecule has 2 rings (SSSR count). The Balaban J connectivity index is 2.45. The highest BCUT2D eigenvalue weighted by Gasteiger charge is 2.24. The molecule has 0 fully saturated rings. The van der Waals surface area contributed by atoms with Crippen LogP contribution in [0.4, 0.5) is 0 Å². The van der Waals surface area contributed by atoms with Crippen molar-refractivity contribution < 1.29 is 4.92 Å². The van der Waals surface area contributed by atoms with Crippen LogP contribution < -0.4 is 0 Å². The van der Waals surface area contributed by atoms with Crippen LogP contribution >= 0.6 is 0 Å². The predicted octanol–water partition coefficient (Wildman–Crippen LogP) is 3.18. The van der Waals surface area contributed by atoms with Crippen LogP contribution in [0.3, 0.4) is 0 Å². The van der Waals surface area contributed by atoms with Gasteiger partial charge in [0.05, 0.1) is 5.92 Å². The molecule has 0 aliphatic rings. The summed E-state index contributed by atoms with van der Waals surface area (Å²) in [7, 11) is 0. The van der Waals surface area contributed by atoms with Gasteiger partial charge >= 0.3 is 0 Å². The Hall–Kier alpha value is -1.84. The summed E-state index contributed by atoms with van der Waals surface area (Å²) < 4.78 is 0. The number of rotatable bonds is 4. The van der Waals surface area contributed by atoms with E-state index in [1.54, 1.807) is 0 Å². The molecule has 0 aliphatic heterocycles. The number of benzene rings is 1. The van der Waals surface area contributed by atoms with Crippen molar-refractivity contribution in [2.45, 2.75) is 19.8 Å². The van der Waals surface area contributed by atoms with E-state index in [1.807, 2.05) is 44.3 Å². The molecule has 0 spiro atoms. The fourth-order valence-corrected chi connectivity index (χ4v) is 2.23. The van der Waals surface area contributed by atoms with E-state index in [0.717, 1.165) is 16.5 Å². The minimum Gasteiger partial charge on any atom is -0.361 e. The Morgan fingerprint density at radius 1 is 1.35 bits per heavy atom. The van der Waals surface area contributed by atoms with E-state index in [4.69, 9.17) is 0 Å². The van der Waals surface area contributed by atoms with Gasteiger partial charge in [-0.15, -0.1) is 0 Å². The van der Waals surface area contributed by atoms with E-state index in [9.17, 15) is 10.1 Å². The summed E-state index contributed by atoms with van der Waals surface area (Å²) >= 11 is 0. The smallest absolute Gasteiger partial charge is 0.211 e. The lowest BCUT2D eigenvalue weighted by Gasteiger charge is -2.15. The number of hydrogen-bond donors (Lipinski definition) is 1. The van der Waals surface area contributed by atoms with E-state index < -0.39 is 0 Å². The molecule has 0 radical (unpaired) electrons. The zero-order valence-corrected chi connectivity index (χ0v) is 10.0. The molecule has 0 bridgehead atoms. The second-order valence-electron chi connectivity index (χ2n) is 4.66. The Kier molecular flexibility index (Phi) is 3.13. The van der Waals surface area contributed by atoms with Crippen LogP contribution in [0.15, 0.2) is 30.5 Å². The van der Waals surface area contributed by atoms with Gasteiger partial charge in [0.25, 0.3) is 0 Å². The first-order chi connectivity index (χ1) is 8.09. The summed E-state index contributed by atoms with van der Waals surface area (Å²) in [6, 6.07) is 7.92. The summed E-state index contributed by atoms with van der Waals surface area (Å²) in [5.41, 5.74) is 2.09. The van der Waals surface area contributed by atoms with Gasteiger partial charge in [0.15, 0.2) is 0 Å². The monoisotopic (exact) mass is 232 g/mol. The third-order valence-corrected chi connectivity index (χ3v) is 3.17. The third-order valence-electron chi connectivity index (χ3n) is 3.17. The topological polar surface area (TPSA) is 58.9 Å². The summed E-state index contributed by atoms with van der Waals surface area (Å²) in [6.45, 7) is 4.03. The lowest BCUT2D eigenvalue weighted by molar-refractivity contribution is -0.484. The molecule has 90 valence electrons. The van der Waals surface area contributed by atoms with Crippen LogP contribution in [0.2, 0.25) is 0 Å². The Labute approximate surface area is 99.8 Å². The fraction of sp³-hybridized carbons (Fsp3) is 0.385.